The maximum atomic E-state index is 13.2. The molecule has 2 fully saturated rings. The van der Waals surface area contributed by atoms with Crippen molar-refractivity contribution in [3.05, 3.63) is 53.6 Å². The summed E-state index contributed by atoms with van der Waals surface area (Å²) < 4.78 is 37.4. The van der Waals surface area contributed by atoms with Crippen LogP contribution in [0.1, 0.15) is 35.7 Å². The highest BCUT2D eigenvalue weighted by Crippen LogP contribution is 2.37. The quantitative estimate of drug-likeness (QED) is 0.489. The number of Topliss-reactive ketones (excluding diaryl/α,β-unsaturated/α-hetero) is 1. The van der Waals surface area contributed by atoms with Crippen molar-refractivity contribution in [2.24, 2.45) is 0 Å². The van der Waals surface area contributed by atoms with Crippen LogP contribution >= 0.6 is 0 Å². The molecule has 1 atom stereocenters. The Labute approximate surface area is 196 Å². The number of urea groups is 1. The fraction of sp³-hybridized carbons (Fsp3) is 0.348. The average Bonchev–Trinajstić information content (AvgIpc) is 3.57. The molecule has 2 aromatic carbocycles. The van der Waals surface area contributed by atoms with Crippen molar-refractivity contribution in [1.82, 2.24) is 14.5 Å². The molecule has 0 aliphatic carbocycles. The van der Waals surface area contributed by atoms with Gasteiger partial charge >= 0.3 is 6.03 Å². The second-order valence-corrected chi connectivity index (χ2v) is 10.5. The van der Waals surface area contributed by atoms with Crippen LogP contribution < -0.4 is 14.8 Å². The lowest BCUT2D eigenvalue weighted by Gasteiger charge is -2.22. The molecule has 34 heavy (non-hydrogen) atoms. The molecule has 2 saturated heterocycles. The van der Waals surface area contributed by atoms with Gasteiger partial charge in [0.2, 0.25) is 16.8 Å². The minimum Gasteiger partial charge on any atom is -0.454 e. The van der Waals surface area contributed by atoms with Crippen LogP contribution in [0.5, 0.6) is 11.5 Å². The molecule has 0 radical (unpaired) electrons. The summed E-state index contributed by atoms with van der Waals surface area (Å²) in [5.41, 5.74) is -0.661. The van der Waals surface area contributed by atoms with E-state index in [9.17, 15) is 22.8 Å². The molecule has 3 heterocycles. The average molecular weight is 486 g/mol. The standard InChI is InChI=1S/C23H23N3O7S/c1-23(16-6-9-19-20(12-16)33-14-32-19)21(28)26(22(29)24-23)13-18(27)15-4-7-17(8-5-15)34(30,31)25-10-2-3-11-25/h4-9,12H,2-3,10-11,13-14H2,1H3,(H,24,29). The molecule has 2 aromatic rings. The Morgan fingerprint density at radius 3 is 2.41 bits per heavy atom. The molecule has 5 rings (SSSR count). The number of ether oxygens (including phenoxy) is 2. The van der Waals surface area contributed by atoms with Crippen LogP contribution in [0.15, 0.2) is 47.4 Å². The summed E-state index contributed by atoms with van der Waals surface area (Å²) in [7, 11) is -3.60. The molecule has 0 spiro atoms. The summed E-state index contributed by atoms with van der Waals surface area (Å²) in [6.07, 6.45) is 1.65. The number of nitrogens with zero attached hydrogens (tertiary/aromatic N) is 2. The summed E-state index contributed by atoms with van der Waals surface area (Å²) in [4.78, 5) is 39.6. The van der Waals surface area contributed by atoms with Crippen molar-refractivity contribution < 1.29 is 32.3 Å². The first-order valence-electron chi connectivity index (χ1n) is 10.9. The number of carbonyl (C=O) groups is 3. The van der Waals surface area contributed by atoms with Gasteiger partial charge in [-0.15, -0.1) is 0 Å². The lowest BCUT2D eigenvalue weighted by Crippen LogP contribution is -2.41. The van der Waals surface area contributed by atoms with Crippen molar-refractivity contribution >= 4 is 27.7 Å². The van der Waals surface area contributed by atoms with Gasteiger partial charge in [0, 0.05) is 18.7 Å². The van der Waals surface area contributed by atoms with Crippen LogP contribution in [0.3, 0.4) is 0 Å². The second kappa shape index (κ2) is 8.10. The van der Waals surface area contributed by atoms with Crippen molar-refractivity contribution in [2.75, 3.05) is 26.4 Å². The van der Waals surface area contributed by atoms with Crippen LogP contribution in [-0.4, -0.2) is 61.8 Å². The minimum atomic E-state index is -3.60. The normalized spacial score (nSPS) is 22.3. The van der Waals surface area contributed by atoms with Crippen molar-refractivity contribution in [3.8, 4) is 11.5 Å². The van der Waals surface area contributed by atoms with Gasteiger partial charge in [-0.2, -0.15) is 4.31 Å². The van der Waals surface area contributed by atoms with Gasteiger partial charge in [0.15, 0.2) is 17.3 Å². The number of carbonyl (C=O) groups excluding carboxylic acids is 3. The van der Waals surface area contributed by atoms with E-state index in [1.807, 2.05) is 0 Å². The highest BCUT2D eigenvalue weighted by molar-refractivity contribution is 7.89. The third-order valence-corrected chi connectivity index (χ3v) is 8.32. The Morgan fingerprint density at radius 2 is 1.71 bits per heavy atom. The fourth-order valence-electron chi connectivity index (χ4n) is 4.37. The third-order valence-electron chi connectivity index (χ3n) is 6.41. The summed E-state index contributed by atoms with van der Waals surface area (Å²) in [5.74, 6) is -0.0351. The number of fused-ring (bicyclic) bond motifs is 1. The van der Waals surface area contributed by atoms with Crippen molar-refractivity contribution in [3.63, 3.8) is 0 Å². The zero-order valence-electron chi connectivity index (χ0n) is 18.4. The van der Waals surface area contributed by atoms with Crippen LogP contribution in [0.4, 0.5) is 4.79 Å². The first-order valence-corrected chi connectivity index (χ1v) is 12.3. The summed E-state index contributed by atoms with van der Waals surface area (Å²) in [6.45, 7) is 2.14. The molecule has 10 nitrogen and oxygen atoms in total. The molecule has 0 bridgehead atoms. The molecule has 1 N–H and O–H groups in total. The van der Waals surface area contributed by atoms with Gasteiger partial charge in [-0.3, -0.25) is 14.5 Å². The van der Waals surface area contributed by atoms with E-state index >= 15 is 0 Å². The molecule has 178 valence electrons. The lowest BCUT2D eigenvalue weighted by atomic mass is 9.91. The number of rotatable bonds is 6. The number of hydrogen-bond donors (Lipinski definition) is 1. The lowest BCUT2D eigenvalue weighted by molar-refractivity contribution is -0.130. The molecule has 0 aromatic heterocycles. The van der Waals surface area contributed by atoms with Crippen LogP contribution in [0, 0.1) is 0 Å². The Bertz CT molecular complexity index is 1290. The molecule has 1 unspecified atom stereocenters. The summed E-state index contributed by atoms with van der Waals surface area (Å²) >= 11 is 0. The van der Waals surface area contributed by atoms with E-state index in [0.29, 0.717) is 30.2 Å². The predicted octanol–water partition coefficient (Wildman–Crippen LogP) is 1.85. The maximum Gasteiger partial charge on any atom is 0.325 e. The van der Waals surface area contributed by atoms with E-state index in [1.165, 1.54) is 28.6 Å². The van der Waals surface area contributed by atoms with E-state index in [0.717, 1.165) is 17.7 Å². The van der Waals surface area contributed by atoms with Gasteiger partial charge in [0.05, 0.1) is 11.4 Å². The SMILES string of the molecule is CC1(c2ccc3c(c2)OCO3)NC(=O)N(CC(=O)c2ccc(S(=O)(=O)N3CCCC3)cc2)C1=O. The molecule has 3 amide bonds. The van der Waals surface area contributed by atoms with Gasteiger partial charge in [-0.25, -0.2) is 13.2 Å². The smallest absolute Gasteiger partial charge is 0.325 e. The Morgan fingerprint density at radius 1 is 1.03 bits per heavy atom. The Hall–Kier alpha value is -3.44. The summed E-state index contributed by atoms with van der Waals surface area (Å²) in [5, 5.41) is 2.66. The maximum absolute atomic E-state index is 13.2. The van der Waals surface area contributed by atoms with E-state index in [-0.39, 0.29) is 17.3 Å². The number of benzene rings is 2. The Balaban J connectivity index is 1.32. The second-order valence-electron chi connectivity index (χ2n) is 8.57. The third kappa shape index (κ3) is 3.61. The number of ketones is 1. The van der Waals surface area contributed by atoms with Crippen molar-refractivity contribution in [2.45, 2.75) is 30.2 Å². The number of imide groups is 1. The monoisotopic (exact) mass is 485 g/mol. The first kappa shape index (κ1) is 22.4. The highest BCUT2D eigenvalue weighted by atomic mass is 32.2. The van der Waals surface area contributed by atoms with Gasteiger partial charge in [-0.05, 0) is 61.7 Å². The molecular weight excluding hydrogens is 462 g/mol. The zero-order chi connectivity index (χ0) is 24.1. The number of sulfonamides is 1. The van der Waals surface area contributed by atoms with E-state index in [1.54, 1.807) is 25.1 Å². The minimum absolute atomic E-state index is 0.0779. The predicted molar refractivity (Wildman–Crippen MR) is 119 cm³/mol. The highest BCUT2D eigenvalue weighted by Gasteiger charge is 2.50. The molecule has 11 heteroatoms. The van der Waals surface area contributed by atoms with E-state index < -0.39 is 39.8 Å². The fourth-order valence-corrected chi connectivity index (χ4v) is 5.89. The van der Waals surface area contributed by atoms with E-state index in [2.05, 4.69) is 5.32 Å². The number of hydrogen-bond acceptors (Lipinski definition) is 7. The first-order chi connectivity index (χ1) is 16.2. The zero-order valence-corrected chi connectivity index (χ0v) is 19.3. The summed E-state index contributed by atoms with van der Waals surface area (Å²) in [6, 6.07) is 9.83. The Kier molecular flexibility index (Phi) is 5.33. The van der Waals surface area contributed by atoms with Crippen LogP contribution in [0.2, 0.25) is 0 Å². The van der Waals surface area contributed by atoms with Gasteiger partial charge in [0.25, 0.3) is 5.91 Å². The van der Waals surface area contributed by atoms with Gasteiger partial charge in [0.1, 0.15) is 5.54 Å². The molecule has 0 saturated carbocycles. The van der Waals surface area contributed by atoms with Gasteiger partial charge in [-0.1, -0.05) is 6.07 Å². The van der Waals surface area contributed by atoms with Crippen LogP contribution in [-0.2, 0) is 20.4 Å². The largest absolute Gasteiger partial charge is 0.454 e. The van der Waals surface area contributed by atoms with E-state index in [4.69, 9.17) is 9.47 Å². The van der Waals surface area contributed by atoms with Crippen molar-refractivity contribution in [1.29, 1.82) is 0 Å². The molecular formula is C23H23N3O7S. The van der Waals surface area contributed by atoms with Gasteiger partial charge < -0.3 is 14.8 Å². The number of nitrogens with one attached hydrogen (secondary N) is 1. The number of amides is 3. The molecule has 3 aliphatic rings. The topological polar surface area (TPSA) is 122 Å². The van der Waals surface area contributed by atoms with Crippen LogP contribution in [0.25, 0.3) is 0 Å². The molecule has 3 aliphatic heterocycles.